The van der Waals surface area contributed by atoms with Gasteiger partial charge in [-0.15, -0.1) is 0 Å². The van der Waals surface area contributed by atoms with E-state index in [0.717, 1.165) is 5.56 Å². The highest BCUT2D eigenvalue weighted by atomic mass is 35.5. The second-order valence-corrected chi connectivity index (χ2v) is 11.1. The molecule has 3 atom stereocenters. The van der Waals surface area contributed by atoms with Gasteiger partial charge in [0.05, 0.1) is 11.7 Å². The zero-order chi connectivity index (χ0) is 29.6. The van der Waals surface area contributed by atoms with Crippen molar-refractivity contribution in [2.45, 2.75) is 65.0 Å². The van der Waals surface area contributed by atoms with Gasteiger partial charge in [0.15, 0.2) is 0 Å². The average Bonchev–Trinajstić information content (AvgIpc) is 3.40. The van der Waals surface area contributed by atoms with E-state index in [9.17, 15) is 23.9 Å². The minimum Gasteiger partial charge on any atom is -0.480 e. The number of aromatic nitrogens is 1. The van der Waals surface area contributed by atoms with Gasteiger partial charge in [0.25, 0.3) is 5.89 Å². The van der Waals surface area contributed by atoms with Crippen LogP contribution in [-0.2, 0) is 16.0 Å². The number of nitrogens with one attached hydrogen (secondary N) is 1. The van der Waals surface area contributed by atoms with Crippen LogP contribution in [0.15, 0.2) is 53.1 Å². The molecule has 1 heterocycles. The summed E-state index contributed by atoms with van der Waals surface area (Å²) in [6.07, 6.45) is 1.67. The number of carboxylic acids is 1. The molecule has 1 aromatic heterocycles. The highest BCUT2D eigenvalue weighted by Crippen LogP contribution is 2.28. The van der Waals surface area contributed by atoms with E-state index < -0.39 is 35.7 Å². The number of benzene rings is 2. The van der Waals surface area contributed by atoms with Crippen LogP contribution in [0.25, 0.3) is 11.1 Å². The van der Waals surface area contributed by atoms with Gasteiger partial charge in [-0.2, -0.15) is 0 Å². The predicted octanol–water partition coefficient (Wildman–Crippen LogP) is 5.63. The molecule has 0 spiro atoms. The summed E-state index contributed by atoms with van der Waals surface area (Å²) in [6.45, 7) is 7.38. The lowest BCUT2D eigenvalue weighted by Crippen LogP contribution is -2.51. The molecule has 40 heavy (non-hydrogen) atoms. The first kappa shape index (κ1) is 31.0. The molecule has 0 radical (unpaired) electrons. The van der Waals surface area contributed by atoms with Crippen LogP contribution in [0.1, 0.15) is 68.4 Å². The third-order valence-corrected chi connectivity index (χ3v) is 6.98. The summed E-state index contributed by atoms with van der Waals surface area (Å²) in [5.74, 6) is -3.24. The Bertz CT molecular complexity index is 1340. The Labute approximate surface area is 238 Å². The van der Waals surface area contributed by atoms with Crippen molar-refractivity contribution >= 4 is 29.3 Å². The normalized spacial score (nSPS) is 13.7. The molecule has 2 aromatic carbocycles. The number of nitrogens with two attached hydrogens (primary N) is 1. The highest BCUT2D eigenvalue weighted by molar-refractivity contribution is 6.30. The minimum absolute atomic E-state index is 0.0277. The van der Waals surface area contributed by atoms with Gasteiger partial charge < -0.3 is 20.6 Å². The SMILES string of the molecule is CC(C)c1coc(C(=O)C[C@H](Cc2ccc(-c3cc(Cl)ccc3F)cc2)C[C@@H](NC(=O)[C@@H](N)C(C)C)C(=O)O)n1. The molecule has 3 rings (SSSR count). The van der Waals surface area contributed by atoms with Crippen molar-refractivity contribution in [1.29, 1.82) is 0 Å². The number of hydrogen-bond donors (Lipinski definition) is 3. The number of rotatable bonds is 13. The summed E-state index contributed by atoms with van der Waals surface area (Å²) in [5, 5.41) is 12.8. The van der Waals surface area contributed by atoms with Gasteiger partial charge in [0.1, 0.15) is 18.1 Å². The van der Waals surface area contributed by atoms with E-state index in [0.29, 0.717) is 28.3 Å². The van der Waals surface area contributed by atoms with E-state index in [2.05, 4.69) is 10.3 Å². The Morgan fingerprint density at radius 3 is 2.35 bits per heavy atom. The number of nitrogens with zero attached hydrogens (tertiary/aromatic N) is 1. The largest absolute Gasteiger partial charge is 0.480 e. The summed E-state index contributed by atoms with van der Waals surface area (Å²) in [6, 6.07) is 9.24. The summed E-state index contributed by atoms with van der Waals surface area (Å²) in [7, 11) is 0. The zero-order valence-electron chi connectivity index (χ0n) is 23.0. The lowest BCUT2D eigenvalue weighted by Gasteiger charge is -2.24. The van der Waals surface area contributed by atoms with Crippen LogP contribution < -0.4 is 11.1 Å². The second-order valence-electron chi connectivity index (χ2n) is 10.7. The molecule has 0 aliphatic rings. The minimum atomic E-state index is -1.26. The molecular weight excluding hydrogens is 537 g/mol. The van der Waals surface area contributed by atoms with E-state index in [-0.39, 0.29) is 36.4 Å². The van der Waals surface area contributed by atoms with Gasteiger partial charge in [0.2, 0.25) is 11.7 Å². The van der Waals surface area contributed by atoms with Gasteiger partial charge >= 0.3 is 5.97 Å². The van der Waals surface area contributed by atoms with Gasteiger partial charge in [-0.05, 0) is 59.9 Å². The molecular formula is C30H35ClFN3O5. The van der Waals surface area contributed by atoms with Crippen LogP contribution in [0.2, 0.25) is 5.02 Å². The number of aliphatic carboxylic acids is 1. The monoisotopic (exact) mass is 571 g/mol. The van der Waals surface area contributed by atoms with Crippen molar-refractivity contribution in [1.82, 2.24) is 10.3 Å². The standard InChI is InChI=1S/C30H35ClFN3O5/c1-16(2)25-15-40-29(35-25)26(36)13-19(12-24(30(38)39)34-28(37)27(33)17(3)4)11-18-5-7-20(8-6-18)22-14-21(31)9-10-23(22)32/h5-10,14-17,19,24,27H,11-13,33H2,1-4H3,(H,34,37)(H,38,39)/t19-,24-,27+/m1/s1. The fourth-order valence-corrected chi connectivity index (χ4v) is 4.44. The summed E-state index contributed by atoms with van der Waals surface area (Å²) >= 11 is 6.03. The topological polar surface area (TPSA) is 136 Å². The Balaban J connectivity index is 1.84. The average molecular weight is 572 g/mol. The van der Waals surface area contributed by atoms with Crippen molar-refractivity contribution in [2.75, 3.05) is 0 Å². The molecule has 214 valence electrons. The number of Topliss-reactive ketones (excluding diaryl/α,β-unsaturated/α-hetero) is 1. The Hall–Kier alpha value is -3.56. The number of ketones is 1. The molecule has 3 aromatic rings. The summed E-state index contributed by atoms with van der Waals surface area (Å²) in [4.78, 5) is 42.0. The van der Waals surface area contributed by atoms with Crippen molar-refractivity contribution in [3.63, 3.8) is 0 Å². The van der Waals surface area contributed by atoms with Crippen LogP contribution in [0.5, 0.6) is 0 Å². The Kier molecular flexibility index (Phi) is 10.6. The molecule has 0 fully saturated rings. The molecule has 0 saturated heterocycles. The molecule has 0 aliphatic heterocycles. The predicted molar refractivity (Wildman–Crippen MR) is 151 cm³/mol. The van der Waals surface area contributed by atoms with E-state index >= 15 is 0 Å². The van der Waals surface area contributed by atoms with E-state index in [1.165, 1.54) is 24.5 Å². The first-order chi connectivity index (χ1) is 18.8. The number of carbonyl (C=O) groups is 3. The summed E-state index contributed by atoms with van der Waals surface area (Å²) < 4.78 is 19.7. The van der Waals surface area contributed by atoms with Crippen LogP contribution in [0, 0.1) is 17.7 Å². The maximum absolute atomic E-state index is 14.3. The molecule has 10 heteroatoms. The summed E-state index contributed by atoms with van der Waals surface area (Å²) in [5.41, 5.74) is 8.33. The maximum atomic E-state index is 14.3. The van der Waals surface area contributed by atoms with E-state index in [4.69, 9.17) is 21.8 Å². The third-order valence-electron chi connectivity index (χ3n) is 6.75. The Morgan fingerprint density at radius 2 is 1.77 bits per heavy atom. The molecule has 0 aliphatic carbocycles. The molecule has 0 saturated carbocycles. The second kappa shape index (κ2) is 13.7. The van der Waals surface area contributed by atoms with Gasteiger partial charge in [-0.3, -0.25) is 9.59 Å². The van der Waals surface area contributed by atoms with Crippen LogP contribution >= 0.6 is 11.6 Å². The molecule has 4 N–H and O–H groups in total. The number of halogens is 2. The first-order valence-electron chi connectivity index (χ1n) is 13.2. The van der Waals surface area contributed by atoms with Gasteiger partial charge in [-0.1, -0.05) is 63.6 Å². The Morgan fingerprint density at radius 1 is 1.10 bits per heavy atom. The van der Waals surface area contributed by atoms with Gasteiger partial charge in [-0.25, -0.2) is 14.2 Å². The number of amides is 1. The fourth-order valence-electron chi connectivity index (χ4n) is 4.27. The molecule has 0 unspecified atom stereocenters. The van der Waals surface area contributed by atoms with Crippen LogP contribution in [-0.4, -0.2) is 39.8 Å². The number of carbonyl (C=O) groups excluding carboxylic acids is 2. The van der Waals surface area contributed by atoms with Crippen LogP contribution in [0.3, 0.4) is 0 Å². The third kappa shape index (κ3) is 8.22. The molecule has 1 amide bonds. The van der Waals surface area contributed by atoms with Gasteiger partial charge in [0, 0.05) is 17.0 Å². The van der Waals surface area contributed by atoms with Crippen molar-refractivity contribution in [3.05, 3.63) is 76.7 Å². The highest BCUT2D eigenvalue weighted by Gasteiger charge is 2.30. The van der Waals surface area contributed by atoms with E-state index in [1.54, 1.807) is 38.1 Å². The maximum Gasteiger partial charge on any atom is 0.326 e. The van der Waals surface area contributed by atoms with Crippen LogP contribution in [0.4, 0.5) is 4.39 Å². The van der Waals surface area contributed by atoms with E-state index in [1.807, 2.05) is 13.8 Å². The quantitative estimate of drug-likeness (QED) is 0.226. The van der Waals surface area contributed by atoms with Crippen molar-refractivity contribution in [3.8, 4) is 11.1 Å². The smallest absolute Gasteiger partial charge is 0.326 e. The zero-order valence-corrected chi connectivity index (χ0v) is 23.7. The number of hydrogen-bond acceptors (Lipinski definition) is 6. The number of carboxylic acid groups (broad SMARTS) is 1. The molecule has 8 nitrogen and oxygen atoms in total. The number of oxazole rings is 1. The lowest BCUT2D eigenvalue weighted by atomic mass is 9.87. The first-order valence-corrected chi connectivity index (χ1v) is 13.5. The fraction of sp³-hybridized carbons (Fsp3) is 0.400. The molecule has 0 bridgehead atoms. The van der Waals surface area contributed by atoms with Crippen molar-refractivity contribution < 1.29 is 28.3 Å². The lowest BCUT2D eigenvalue weighted by molar-refractivity contribution is -0.142. The van der Waals surface area contributed by atoms with Crippen molar-refractivity contribution in [2.24, 2.45) is 17.6 Å².